The van der Waals surface area contributed by atoms with Crippen molar-refractivity contribution in [1.29, 1.82) is 0 Å². The number of carbonyl (C=O) groups is 3. The maximum Gasteiger partial charge on any atom is 0.257 e. The predicted octanol–water partition coefficient (Wildman–Crippen LogP) is 4.46. The van der Waals surface area contributed by atoms with E-state index >= 15 is 0 Å². The van der Waals surface area contributed by atoms with Gasteiger partial charge in [0.15, 0.2) is 9.84 Å². The second-order valence-electron chi connectivity index (χ2n) is 10.4. The molecule has 2 fully saturated rings. The largest absolute Gasteiger partial charge is 0.369 e. The maximum absolute atomic E-state index is 13.2. The van der Waals surface area contributed by atoms with Crippen LogP contribution in [0, 0.1) is 12.8 Å². The van der Waals surface area contributed by atoms with Gasteiger partial charge in [0, 0.05) is 43.0 Å². The molecule has 1 aliphatic carbocycles. The van der Waals surface area contributed by atoms with Gasteiger partial charge in [0.2, 0.25) is 11.8 Å². The number of benzene rings is 3. The summed E-state index contributed by atoms with van der Waals surface area (Å²) in [4.78, 5) is 39.5. The van der Waals surface area contributed by atoms with Crippen LogP contribution < -0.4 is 20.9 Å². The van der Waals surface area contributed by atoms with Gasteiger partial charge in [-0.2, -0.15) is 0 Å². The monoisotopic (exact) mass is 560 g/mol. The van der Waals surface area contributed by atoms with Crippen molar-refractivity contribution in [3.8, 4) is 11.1 Å². The Kier molecular flexibility index (Phi) is 7.62. The van der Waals surface area contributed by atoms with Crippen LogP contribution in [0.15, 0.2) is 60.7 Å². The molecular weight excluding hydrogens is 528 g/mol. The van der Waals surface area contributed by atoms with Crippen LogP contribution in [0.2, 0.25) is 0 Å². The summed E-state index contributed by atoms with van der Waals surface area (Å²) < 4.78 is 23.4. The van der Waals surface area contributed by atoms with Crippen molar-refractivity contribution in [1.82, 2.24) is 0 Å². The van der Waals surface area contributed by atoms with Crippen molar-refractivity contribution >= 4 is 50.3 Å². The first-order chi connectivity index (χ1) is 19.1. The number of sulfone groups is 1. The zero-order valence-corrected chi connectivity index (χ0v) is 23.3. The summed E-state index contributed by atoms with van der Waals surface area (Å²) in [5, 5.41) is 8.62. The third-order valence-electron chi connectivity index (χ3n) is 7.17. The Hall–Kier alpha value is -4.18. The molecule has 1 heterocycles. The molecule has 3 amide bonds. The lowest BCUT2D eigenvalue weighted by Gasteiger charge is -2.28. The zero-order valence-electron chi connectivity index (χ0n) is 22.5. The van der Waals surface area contributed by atoms with Gasteiger partial charge >= 0.3 is 0 Å². The standard InChI is InChI=1S/C30H32N4O5S/c1-19-3-7-24(33-29(36)21-4-5-21)18-27(19)22-6-12-26(28(17-22)31-20(2)35)30(37)32-23-8-10-25(11-9-23)34-13-15-40(38,39)16-14-34/h3,6-12,17-18,21H,4-5,13-16H2,1-2H3,(H,31,35)(H,32,37)(H,33,36). The number of nitrogens with one attached hydrogen (secondary N) is 3. The minimum absolute atomic E-state index is 0.0256. The van der Waals surface area contributed by atoms with Gasteiger partial charge in [0.05, 0.1) is 22.8 Å². The number of hydrogen-bond acceptors (Lipinski definition) is 6. The highest BCUT2D eigenvalue weighted by Gasteiger charge is 2.29. The molecule has 1 saturated heterocycles. The molecule has 0 atom stereocenters. The van der Waals surface area contributed by atoms with Crippen molar-refractivity contribution in [2.75, 3.05) is 45.4 Å². The van der Waals surface area contributed by atoms with Crippen molar-refractivity contribution in [2.45, 2.75) is 26.7 Å². The number of carbonyl (C=O) groups excluding carboxylic acids is 3. The van der Waals surface area contributed by atoms with Gasteiger partial charge in [0.25, 0.3) is 5.91 Å². The van der Waals surface area contributed by atoms with Crippen LogP contribution in [-0.2, 0) is 19.4 Å². The first kappa shape index (κ1) is 27.4. The molecule has 9 nitrogen and oxygen atoms in total. The summed E-state index contributed by atoms with van der Waals surface area (Å²) in [6, 6.07) is 18.2. The molecule has 2 aliphatic rings. The summed E-state index contributed by atoms with van der Waals surface area (Å²) in [7, 11) is -2.97. The molecule has 1 saturated carbocycles. The third-order valence-corrected chi connectivity index (χ3v) is 8.78. The Bertz CT molecular complexity index is 1570. The highest BCUT2D eigenvalue weighted by atomic mass is 32.2. The van der Waals surface area contributed by atoms with E-state index < -0.39 is 9.84 Å². The fourth-order valence-corrected chi connectivity index (χ4v) is 5.93. The predicted molar refractivity (Wildman–Crippen MR) is 158 cm³/mol. The third kappa shape index (κ3) is 6.51. The first-order valence-electron chi connectivity index (χ1n) is 13.3. The van der Waals surface area contributed by atoms with Crippen molar-refractivity contribution < 1.29 is 22.8 Å². The lowest BCUT2D eigenvalue weighted by molar-refractivity contribution is -0.117. The SMILES string of the molecule is CC(=O)Nc1cc(-c2cc(NC(=O)C3CC3)ccc2C)ccc1C(=O)Nc1ccc(N2CCS(=O)(=O)CC2)cc1. The molecule has 3 aromatic rings. The summed E-state index contributed by atoms with van der Waals surface area (Å²) in [6.07, 6.45) is 1.84. The first-order valence-corrected chi connectivity index (χ1v) is 15.1. The van der Waals surface area contributed by atoms with Crippen molar-refractivity contribution in [3.63, 3.8) is 0 Å². The smallest absolute Gasteiger partial charge is 0.257 e. The van der Waals surface area contributed by atoms with Crippen LogP contribution in [0.1, 0.15) is 35.7 Å². The number of hydrogen-bond donors (Lipinski definition) is 3. The summed E-state index contributed by atoms with van der Waals surface area (Å²) in [6.45, 7) is 4.23. The number of rotatable bonds is 7. The van der Waals surface area contributed by atoms with Gasteiger partial charge in [0.1, 0.15) is 0 Å². The van der Waals surface area contributed by atoms with E-state index in [1.807, 2.05) is 48.2 Å². The van der Waals surface area contributed by atoms with Gasteiger partial charge < -0.3 is 20.9 Å². The topological polar surface area (TPSA) is 125 Å². The summed E-state index contributed by atoms with van der Waals surface area (Å²) in [5.74, 6) is -0.305. The van der Waals surface area contributed by atoms with Crippen LogP contribution in [0.4, 0.5) is 22.7 Å². The quantitative estimate of drug-likeness (QED) is 0.392. The Morgan fingerprint density at radius 2 is 1.50 bits per heavy atom. The van der Waals surface area contributed by atoms with E-state index in [0.29, 0.717) is 35.7 Å². The summed E-state index contributed by atoms with van der Waals surface area (Å²) >= 11 is 0. The molecule has 0 bridgehead atoms. The molecule has 0 radical (unpaired) electrons. The normalized spacial score (nSPS) is 16.2. The molecule has 40 heavy (non-hydrogen) atoms. The molecule has 0 unspecified atom stereocenters. The lowest BCUT2D eigenvalue weighted by atomic mass is 9.97. The fourth-order valence-electron chi connectivity index (χ4n) is 4.73. The molecule has 3 N–H and O–H groups in total. The highest BCUT2D eigenvalue weighted by Crippen LogP contribution is 2.33. The number of anilines is 4. The maximum atomic E-state index is 13.2. The van der Waals surface area contributed by atoms with Gasteiger partial charge in [-0.3, -0.25) is 14.4 Å². The van der Waals surface area contributed by atoms with Crippen LogP contribution in [0.3, 0.4) is 0 Å². The van der Waals surface area contributed by atoms with Crippen LogP contribution >= 0.6 is 0 Å². The van der Waals surface area contributed by atoms with E-state index in [1.54, 1.807) is 24.3 Å². The van der Waals surface area contributed by atoms with Crippen molar-refractivity contribution in [3.05, 3.63) is 71.8 Å². The van der Waals surface area contributed by atoms with Crippen LogP contribution in [0.25, 0.3) is 11.1 Å². The van der Waals surface area contributed by atoms with Gasteiger partial charge in [-0.05, 0) is 85.0 Å². The van der Waals surface area contributed by atoms with E-state index in [9.17, 15) is 22.8 Å². The number of nitrogens with zero attached hydrogens (tertiary/aromatic N) is 1. The molecule has 3 aromatic carbocycles. The van der Waals surface area contributed by atoms with Crippen LogP contribution in [-0.4, -0.2) is 50.7 Å². The average Bonchev–Trinajstić information content (AvgIpc) is 3.76. The van der Waals surface area contributed by atoms with Gasteiger partial charge in [-0.15, -0.1) is 0 Å². The van der Waals surface area contributed by atoms with E-state index in [1.165, 1.54) is 6.92 Å². The van der Waals surface area contributed by atoms with E-state index in [4.69, 9.17) is 0 Å². The second kappa shape index (κ2) is 11.1. The Labute approximate surface area is 233 Å². The molecular formula is C30H32N4O5S. The molecule has 10 heteroatoms. The van der Waals surface area contributed by atoms with E-state index in [0.717, 1.165) is 35.2 Å². The molecule has 1 aliphatic heterocycles. The van der Waals surface area contributed by atoms with Crippen molar-refractivity contribution in [2.24, 2.45) is 5.92 Å². The minimum Gasteiger partial charge on any atom is -0.369 e. The van der Waals surface area contributed by atoms with Gasteiger partial charge in [-0.25, -0.2) is 8.42 Å². The second-order valence-corrected chi connectivity index (χ2v) is 12.7. The van der Waals surface area contributed by atoms with E-state index in [2.05, 4.69) is 16.0 Å². The Morgan fingerprint density at radius 3 is 2.15 bits per heavy atom. The molecule has 0 aromatic heterocycles. The molecule has 5 rings (SSSR count). The highest BCUT2D eigenvalue weighted by molar-refractivity contribution is 7.91. The fraction of sp³-hybridized carbons (Fsp3) is 0.300. The number of aryl methyl sites for hydroxylation is 1. The number of amides is 3. The zero-order chi connectivity index (χ0) is 28.4. The Morgan fingerprint density at radius 1 is 0.825 bits per heavy atom. The summed E-state index contributed by atoms with van der Waals surface area (Å²) in [5.41, 5.74) is 5.52. The lowest BCUT2D eigenvalue weighted by Crippen LogP contribution is -2.40. The average molecular weight is 561 g/mol. The van der Waals surface area contributed by atoms with Crippen LogP contribution in [0.5, 0.6) is 0 Å². The van der Waals surface area contributed by atoms with Gasteiger partial charge in [-0.1, -0.05) is 12.1 Å². The Balaban J connectivity index is 1.34. The van der Waals surface area contributed by atoms with E-state index in [-0.39, 0.29) is 35.1 Å². The molecule has 208 valence electrons. The molecule has 0 spiro atoms. The minimum atomic E-state index is -2.97.